The van der Waals surface area contributed by atoms with Gasteiger partial charge in [-0.1, -0.05) is 48.0 Å². The Labute approximate surface area is 113 Å². The molecule has 94 valence electrons. The molecule has 0 fully saturated rings. The predicted molar refractivity (Wildman–Crippen MR) is 75.2 cm³/mol. The summed E-state index contributed by atoms with van der Waals surface area (Å²) in [5.41, 5.74) is 1.15. The summed E-state index contributed by atoms with van der Waals surface area (Å²) in [5.74, 6) is 0.784. The third kappa shape index (κ3) is 3.49. The first-order valence-electron chi connectivity index (χ1n) is 5.91. The first-order chi connectivity index (χ1) is 8.79. The maximum Gasteiger partial charge on any atom is 0.136 e. The second kappa shape index (κ2) is 6.43. The van der Waals surface area contributed by atoms with Crippen molar-refractivity contribution < 1.29 is 4.74 Å². The molecule has 0 aliphatic rings. The minimum absolute atomic E-state index is 0.0188. The fourth-order valence-electron chi connectivity index (χ4n) is 1.79. The van der Waals surface area contributed by atoms with Crippen molar-refractivity contribution in [1.82, 2.24) is 5.32 Å². The van der Waals surface area contributed by atoms with Crippen LogP contribution in [-0.2, 0) is 0 Å². The molecular weight excluding hydrogens is 246 g/mol. The lowest BCUT2D eigenvalue weighted by atomic mass is 10.1. The third-order valence-corrected chi connectivity index (χ3v) is 2.87. The van der Waals surface area contributed by atoms with Crippen molar-refractivity contribution in [2.45, 2.75) is 6.10 Å². The van der Waals surface area contributed by atoms with E-state index >= 15 is 0 Å². The lowest BCUT2D eigenvalue weighted by Gasteiger charge is -2.19. The summed E-state index contributed by atoms with van der Waals surface area (Å²) in [6.45, 7) is 0.747. The largest absolute Gasteiger partial charge is 0.484 e. The van der Waals surface area contributed by atoms with Gasteiger partial charge in [-0.15, -0.1) is 0 Å². The molecular formula is C15H16ClNO. The molecule has 1 atom stereocenters. The SMILES string of the molecule is CNCC(Oc1cccc(Cl)c1)c1ccccc1. The van der Waals surface area contributed by atoms with Gasteiger partial charge in [-0.3, -0.25) is 0 Å². The zero-order valence-corrected chi connectivity index (χ0v) is 11.0. The summed E-state index contributed by atoms with van der Waals surface area (Å²) < 4.78 is 5.97. The van der Waals surface area contributed by atoms with E-state index in [0.717, 1.165) is 17.9 Å². The van der Waals surface area contributed by atoms with Crippen molar-refractivity contribution >= 4 is 11.6 Å². The molecule has 0 saturated carbocycles. The van der Waals surface area contributed by atoms with Crippen LogP contribution in [0.2, 0.25) is 5.02 Å². The molecule has 0 saturated heterocycles. The van der Waals surface area contributed by atoms with Gasteiger partial charge in [0.25, 0.3) is 0 Å². The zero-order valence-electron chi connectivity index (χ0n) is 10.3. The molecule has 1 unspecified atom stereocenters. The quantitative estimate of drug-likeness (QED) is 0.887. The van der Waals surface area contributed by atoms with Crippen molar-refractivity contribution in [3.05, 3.63) is 65.2 Å². The fourth-order valence-corrected chi connectivity index (χ4v) is 1.97. The van der Waals surface area contributed by atoms with Crippen LogP contribution in [0.4, 0.5) is 0 Å². The zero-order chi connectivity index (χ0) is 12.8. The summed E-state index contributed by atoms with van der Waals surface area (Å²) in [6.07, 6.45) is -0.0188. The molecule has 18 heavy (non-hydrogen) atoms. The van der Waals surface area contributed by atoms with Crippen LogP contribution >= 0.6 is 11.6 Å². The smallest absolute Gasteiger partial charge is 0.136 e. The van der Waals surface area contributed by atoms with Crippen molar-refractivity contribution in [2.75, 3.05) is 13.6 Å². The first kappa shape index (κ1) is 12.9. The summed E-state index contributed by atoms with van der Waals surface area (Å²) >= 11 is 5.96. The number of likely N-dealkylation sites (N-methyl/N-ethyl adjacent to an activating group) is 1. The maximum absolute atomic E-state index is 5.97. The molecule has 3 heteroatoms. The van der Waals surface area contributed by atoms with Crippen LogP contribution in [0.15, 0.2) is 54.6 Å². The topological polar surface area (TPSA) is 21.3 Å². The Kier molecular flexibility index (Phi) is 4.62. The Bertz CT molecular complexity index is 487. The fraction of sp³-hybridized carbons (Fsp3) is 0.200. The highest BCUT2D eigenvalue weighted by molar-refractivity contribution is 6.30. The minimum atomic E-state index is -0.0188. The van der Waals surface area contributed by atoms with Gasteiger partial charge in [0, 0.05) is 11.6 Å². The molecule has 0 aliphatic carbocycles. The molecule has 2 aromatic rings. The Morgan fingerprint density at radius 3 is 2.56 bits per heavy atom. The Morgan fingerprint density at radius 2 is 1.89 bits per heavy atom. The summed E-state index contributed by atoms with van der Waals surface area (Å²) in [5, 5.41) is 3.83. The molecule has 0 bridgehead atoms. The van der Waals surface area contributed by atoms with Gasteiger partial charge < -0.3 is 10.1 Å². The Hall–Kier alpha value is -1.51. The molecule has 0 amide bonds. The van der Waals surface area contributed by atoms with Crippen molar-refractivity contribution in [2.24, 2.45) is 0 Å². The monoisotopic (exact) mass is 261 g/mol. The second-order valence-corrected chi connectivity index (χ2v) is 4.47. The van der Waals surface area contributed by atoms with Gasteiger partial charge in [0.15, 0.2) is 0 Å². The van der Waals surface area contributed by atoms with E-state index in [1.165, 1.54) is 0 Å². The highest BCUT2D eigenvalue weighted by Gasteiger charge is 2.12. The number of halogens is 1. The number of nitrogens with one attached hydrogen (secondary N) is 1. The van der Waals surface area contributed by atoms with Crippen molar-refractivity contribution in [3.8, 4) is 5.75 Å². The lowest BCUT2D eigenvalue weighted by Crippen LogP contribution is -2.21. The molecule has 0 spiro atoms. The van der Waals surface area contributed by atoms with E-state index in [1.54, 1.807) is 0 Å². The number of ether oxygens (including phenoxy) is 1. The summed E-state index contributed by atoms with van der Waals surface area (Å²) in [6, 6.07) is 17.6. The molecule has 0 heterocycles. The molecule has 1 N–H and O–H groups in total. The lowest BCUT2D eigenvalue weighted by molar-refractivity contribution is 0.205. The number of benzene rings is 2. The number of hydrogen-bond acceptors (Lipinski definition) is 2. The van der Waals surface area contributed by atoms with E-state index in [-0.39, 0.29) is 6.10 Å². The molecule has 0 aliphatic heterocycles. The highest BCUT2D eigenvalue weighted by Crippen LogP contribution is 2.24. The van der Waals surface area contributed by atoms with Gasteiger partial charge in [0.2, 0.25) is 0 Å². The predicted octanol–water partition coefficient (Wildman–Crippen LogP) is 3.68. The van der Waals surface area contributed by atoms with Crippen LogP contribution in [0.25, 0.3) is 0 Å². The molecule has 0 aromatic heterocycles. The molecule has 2 nitrogen and oxygen atoms in total. The van der Waals surface area contributed by atoms with Gasteiger partial charge in [0.05, 0.1) is 0 Å². The average Bonchev–Trinajstić information content (AvgIpc) is 2.39. The minimum Gasteiger partial charge on any atom is -0.484 e. The maximum atomic E-state index is 5.97. The van der Waals surface area contributed by atoms with Crippen LogP contribution in [0.3, 0.4) is 0 Å². The Balaban J connectivity index is 2.16. The van der Waals surface area contributed by atoms with Crippen molar-refractivity contribution in [1.29, 1.82) is 0 Å². The van der Waals surface area contributed by atoms with E-state index in [0.29, 0.717) is 5.02 Å². The summed E-state index contributed by atoms with van der Waals surface area (Å²) in [4.78, 5) is 0. The first-order valence-corrected chi connectivity index (χ1v) is 6.29. The number of hydrogen-bond donors (Lipinski definition) is 1. The third-order valence-electron chi connectivity index (χ3n) is 2.64. The van der Waals surface area contributed by atoms with E-state index < -0.39 is 0 Å². The van der Waals surface area contributed by atoms with Crippen molar-refractivity contribution in [3.63, 3.8) is 0 Å². The van der Waals surface area contributed by atoms with E-state index in [1.807, 2.05) is 49.5 Å². The molecule has 2 rings (SSSR count). The van der Waals surface area contributed by atoms with Crippen LogP contribution in [0.5, 0.6) is 5.75 Å². The van der Waals surface area contributed by atoms with Gasteiger partial charge >= 0.3 is 0 Å². The van der Waals surface area contributed by atoms with Crippen LogP contribution < -0.4 is 10.1 Å². The molecule has 2 aromatic carbocycles. The van der Waals surface area contributed by atoms with Crippen LogP contribution in [-0.4, -0.2) is 13.6 Å². The Morgan fingerprint density at radius 1 is 1.11 bits per heavy atom. The standard InChI is InChI=1S/C15H16ClNO/c1-17-11-15(12-6-3-2-4-7-12)18-14-9-5-8-13(16)10-14/h2-10,15,17H,11H2,1H3. The van der Waals surface area contributed by atoms with Gasteiger partial charge in [-0.05, 0) is 30.8 Å². The number of rotatable bonds is 5. The average molecular weight is 262 g/mol. The second-order valence-electron chi connectivity index (χ2n) is 4.03. The van der Waals surface area contributed by atoms with Crippen LogP contribution in [0.1, 0.15) is 11.7 Å². The normalized spacial score (nSPS) is 12.1. The van der Waals surface area contributed by atoms with Gasteiger partial charge in [-0.25, -0.2) is 0 Å². The van der Waals surface area contributed by atoms with E-state index in [2.05, 4.69) is 17.4 Å². The van der Waals surface area contributed by atoms with E-state index in [4.69, 9.17) is 16.3 Å². The van der Waals surface area contributed by atoms with Gasteiger partial charge in [-0.2, -0.15) is 0 Å². The van der Waals surface area contributed by atoms with Crippen LogP contribution in [0, 0.1) is 0 Å². The van der Waals surface area contributed by atoms with Gasteiger partial charge in [0.1, 0.15) is 11.9 Å². The molecule has 0 radical (unpaired) electrons. The highest BCUT2D eigenvalue weighted by atomic mass is 35.5. The summed E-state index contributed by atoms with van der Waals surface area (Å²) in [7, 11) is 1.91. The van der Waals surface area contributed by atoms with E-state index in [9.17, 15) is 0 Å².